The van der Waals surface area contributed by atoms with Crippen molar-refractivity contribution in [2.24, 2.45) is 46.8 Å². The minimum Gasteiger partial charge on any atom is -0.508 e. The maximum absolute atomic E-state index is 14.5. The number of rotatable bonds is 59. The van der Waals surface area contributed by atoms with Crippen molar-refractivity contribution in [3.05, 3.63) is 29.8 Å². The van der Waals surface area contributed by atoms with Gasteiger partial charge in [-0.25, -0.2) is 4.79 Å². The number of aliphatic hydroxyl groups is 4. The van der Waals surface area contributed by atoms with E-state index < -0.39 is 309 Å². The summed E-state index contributed by atoms with van der Waals surface area (Å²) in [5.74, 6) is -25.4. The molecule has 0 aliphatic carbocycles. The van der Waals surface area contributed by atoms with Crippen LogP contribution in [0.5, 0.6) is 5.75 Å². The Bertz CT molecular complexity index is 4350. The molecule has 53 nitrogen and oxygen atoms in total. The van der Waals surface area contributed by atoms with Crippen LogP contribution in [-0.2, 0) is 112 Å². The third-order valence-electron chi connectivity index (χ3n) is 21.1. The molecule has 0 bridgehead atoms. The van der Waals surface area contributed by atoms with Gasteiger partial charge in [0.2, 0.25) is 124 Å². The van der Waals surface area contributed by atoms with Gasteiger partial charge in [-0.2, -0.15) is 0 Å². The van der Waals surface area contributed by atoms with Gasteiger partial charge >= 0.3 is 5.97 Å². The number of nitrogens with zero attached hydrogens (tertiary/aromatic N) is 1. The second-order valence-corrected chi connectivity index (χ2v) is 34.0. The Labute approximate surface area is 784 Å². The molecule has 2 rings (SSSR count). The van der Waals surface area contributed by atoms with Crippen molar-refractivity contribution in [2.75, 3.05) is 65.7 Å². The van der Waals surface area contributed by atoms with E-state index in [4.69, 9.17) is 22.6 Å². The van der Waals surface area contributed by atoms with Gasteiger partial charge in [0.1, 0.15) is 108 Å². The first-order valence-corrected chi connectivity index (χ1v) is 44.2. The molecule has 18 atom stereocenters. The van der Waals surface area contributed by atoms with E-state index in [1.54, 1.807) is 62.3 Å². The number of carbonyl (C=O) groups is 22. The Hall–Kier alpha value is -13.6. The molecule has 0 spiro atoms. The van der Waals surface area contributed by atoms with Gasteiger partial charge in [-0.3, -0.25) is 106 Å². The van der Waals surface area contributed by atoms with Crippen molar-refractivity contribution >= 4 is 136 Å². The Morgan fingerprint density at radius 2 is 0.787 bits per heavy atom. The van der Waals surface area contributed by atoms with Gasteiger partial charge in [0.25, 0.3) is 0 Å². The zero-order chi connectivity index (χ0) is 103. The van der Waals surface area contributed by atoms with Gasteiger partial charge in [-0.15, -0.1) is 0 Å². The lowest BCUT2D eigenvalue weighted by molar-refractivity contribution is -0.143. The third-order valence-corrected chi connectivity index (χ3v) is 21.1. The highest BCUT2D eigenvalue weighted by Gasteiger charge is 2.43. The quantitative estimate of drug-likeness (QED) is 0.0164. The Morgan fingerprint density at radius 3 is 1.27 bits per heavy atom. The summed E-state index contributed by atoms with van der Waals surface area (Å²) in [5, 5.41) is 115. The van der Waals surface area contributed by atoms with Gasteiger partial charge < -0.3 is 159 Å². The maximum atomic E-state index is 14.5. The van der Waals surface area contributed by atoms with Crippen LogP contribution in [0.4, 0.5) is 0 Å². The van der Waals surface area contributed by atoms with Crippen molar-refractivity contribution < 1.29 is 136 Å². The van der Waals surface area contributed by atoms with Gasteiger partial charge in [0.15, 0.2) is 5.96 Å². The molecule has 21 amide bonds. The Kier molecular flexibility index (Phi) is 51.6. The number of carboxylic acid groups (broad SMARTS) is 1. The SMILES string of the molecule is CC[C@H](C)[C@H](NC(=O)[C@H](CO)NC(=O)CNC(=O)[C@H](C)NC(=O)CNC(=O)[C@H](CO)NC(=O)[C@H](CC(N)=O)NC(=O)CNC(=O)[C@H](CO)NC(=O)[C@H](C)NC(=O)[C@H](C)NC(=O)[C@@H](NC(=O)[C@@H](NC(=O)[C@H](CC(C)C)NC(=O)[C@@H](NC(=O)CN)C(C)C)C(C)C)C(C)C)C(=O)N[C@@H](CO)C(=O)N[C@@H](Cc1ccc(O)cc1)C(=O)N1CCC[C@H]1C(=O)N[C@@H](C)C(=O)N[C@@H](CCCNC(=N)N)C(=O)O. The first kappa shape index (κ1) is 118. The number of primary amides is 1. The molecular weight excluding hydrogens is 1800 g/mol. The molecule has 1 aromatic carbocycles. The smallest absolute Gasteiger partial charge is 0.326 e. The van der Waals surface area contributed by atoms with Crippen LogP contribution in [0.1, 0.15) is 147 Å². The molecule has 762 valence electrons. The second kappa shape index (κ2) is 59.2. The number of guanidine groups is 1. The molecule has 0 saturated carbocycles. The molecular formula is C83H137N25O28. The van der Waals surface area contributed by atoms with E-state index in [1.807, 2.05) is 5.32 Å². The van der Waals surface area contributed by atoms with Gasteiger partial charge in [0.05, 0.1) is 59.0 Å². The van der Waals surface area contributed by atoms with Crippen molar-refractivity contribution in [3.63, 3.8) is 0 Å². The van der Waals surface area contributed by atoms with Crippen LogP contribution >= 0.6 is 0 Å². The van der Waals surface area contributed by atoms with Gasteiger partial charge in [0, 0.05) is 19.5 Å². The molecule has 1 heterocycles. The molecule has 0 aromatic heterocycles. The summed E-state index contributed by atoms with van der Waals surface area (Å²) in [6.07, 6.45) is -0.453. The molecule has 53 heteroatoms. The fraction of sp³-hybridized carbons (Fsp3) is 0.651. The number of likely N-dealkylation sites (tertiary alicyclic amines) is 1. The van der Waals surface area contributed by atoms with Gasteiger partial charge in [-0.1, -0.05) is 87.8 Å². The number of nitrogens with one attached hydrogen (secondary N) is 21. The summed E-state index contributed by atoms with van der Waals surface area (Å²) in [6, 6.07) is -20.0. The topological polar surface area (TPSA) is 843 Å². The number of carbonyl (C=O) groups excluding carboxylic acids is 21. The number of aliphatic carboxylic acids is 1. The summed E-state index contributed by atoms with van der Waals surface area (Å²) < 4.78 is 0. The van der Waals surface area contributed by atoms with Crippen LogP contribution in [0, 0.1) is 35.0 Å². The Balaban J connectivity index is 2.03. The lowest BCUT2D eigenvalue weighted by Crippen LogP contribution is -2.61. The van der Waals surface area contributed by atoms with Crippen LogP contribution in [0.15, 0.2) is 24.3 Å². The summed E-state index contributed by atoms with van der Waals surface area (Å²) in [4.78, 5) is 294. The van der Waals surface area contributed by atoms with Crippen molar-refractivity contribution in [1.82, 2.24) is 111 Å². The summed E-state index contributed by atoms with van der Waals surface area (Å²) in [5.41, 5.74) is 16.4. The molecule has 136 heavy (non-hydrogen) atoms. The number of nitrogens with two attached hydrogens (primary N) is 3. The highest BCUT2D eigenvalue weighted by Crippen LogP contribution is 2.22. The van der Waals surface area contributed by atoms with Crippen LogP contribution < -0.4 is 124 Å². The normalized spacial score (nSPS) is 16.0. The predicted octanol–water partition coefficient (Wildman–Crippen LogP) is -12.7. The molecule has 1 aliphatic rings. The summed E-state index contributed by atoms with van der Waals surface area (Å²) in [7, 11) is 0. The van der Waals surface area contributed by atoms with Crippen molar-refractivity contribution in [3.8, 4) is 5.75 Å². The number of phenolic OH excluding ortho intramolecular Hbond substituents is 1. The van der Waals surface area contributed by atoms with Crippen LogP contribution in [-0.4, -0.2) is 340 Å². The third kappa shape index (κ3) is 41.1. The number of amides is 21. The molecule has 0 radical (unpaired) electrons. The molecule has 1 saturated heterocycles. The lowest BCUT2D eigenvalue weighted by atomic mass is 9.97. The first-order chi connectivity index (χ1) is 63.7. The number of aromatic hydroxyl groups is 1. The van der Waals surface area contributed by atoms with Gasteiger partial charge in [-0.05, 0) is 107 Å². The zero-order valence-corrected chi connectivity index (χ0v) is 78.6. The van der Waals surface area contributed by atoms with E-state index >= 15 is 0 Å². The molecule has 33 N–H and O–H groups in total. The van der Waals surface area contributed by atoms with E-state index in [2.05, 4.69) is 101 Å². The molecule has 0 unspecified atom stereocenters. The number of aliphatic hydroxyl groups excluding tert-OH is 4. The average molecular weight is 1930 g/mol. The first-order valence-electron chi connectivity index (χ1n) is 44.2. The van der Waals surface area contributed by atoms with E-state index in [1.165, 1.54) is 52.0 Å². The molecule has 1 fully saturated rings. The van der Waals surface area contributed by atoms with Crippen molar-refractivity contribution in [1.29, 1.82) is 5.41 Å². The Morgan fingerprint density at radius 1 is 0.412 bits per heavy atom. The van der Waals surface area contributed by atoms with E-state index in [0.29, 0.717) is 5.56 Å². The van der Waals surface area contributed by atoms with E-state index in [9.17, 15) is 136 Å². The second-order valence-electron chi connectivity index (χ2n) is 34.0. The monoisotopic (exact) mass is 1930 g/mol. The summed E-state index contributed by atoms with van der Waals surface area (Å²) >= 11 is 0. The highest BCUT2D eigenvalue weighted by molar-refractivity contribution is 6.02. The van der Waals surface area contributed by atoms with E-state index in [-0.39, 0.29) is 82.2 Å². The van der Waals surface area contributed by atoms with Crippen LogP contribution in [0.25, 0.3) is 0 Å². The van der Waals surface area contributed by atoms with Crippen LogP contribution in [0.3, 0.4) is 0 Å². The number of benzene rings is 1. The minimum absolute atomic E-state index is 0.0264. The maximum Gasteiger partial charge on any atom is 0.326 e. The fourth-order valence-corrected chi connectivity index (χ4v) is 13.1. The standard InChI is InChI=1S/C83H137N25O28/c1-15-41(10)65(80(133)103-55(36-112)74(127)100-51(27-46-20-22-47(113)23-21-46)81(134)108-25-17-19-56(108)76(129)94-45(14)68(121)98-48(82(135)136)18-16-24-88-83(86)87)107-75(128)54(35-111)97-61(118)31-89-66(119)42(11)92-59(116)30-90-71(124)53(34-110)102-72(125)50(28-57(85)114)96-60(117)32-91-70(123)52(33-109)101-69(122)44(13)93-67(120)43(12)95-77(130)63(39(6)7)106-79(132)64(40(8)9)105-73(126)49(26-37(2)3)99-78(131)62(38(4)5)104-58(115)29-84/h20-23,37-45,48-56,62-65,109-113H,15-19,24-36,84H2,1-14H3,(H2,85,114)(H,89,119)(H,90,124)(H,91,123)(H,92,116)(H,93,120)(H,94,129)(H,95,130)(H,96,117)(H,97,118)(H,98,121)(H,99,131)(H,100,127)(H,101,122)(H,102,125)(H,103,133)(H,104,115)(H,105,126)(H,106,132)(H,107,128)(H,135,136)(H4,86,87,88)/t41-,42-,43-,44-,45-,48-,49-,50-,51-,52-,53-,54-,55-,56-,62-,63-,64-,65-/m0/s1. The lowest BCUT2D eigenvalue weighted by Gasteiger charge is -2.31. The van der Waals surface area contributed by atoms with Crippen LogP contribution in [0.2, 0.25) is 0 Å². The van der Waals surface area contributed by atoms with E-state index in [0.717, 1.165) is 11.8 Å². The summed E-state index contributed by atoms with van der Waals surface area (Å²) in [6.45, 7) is 13.7. The zero-order valence-electron chi connectivity index (χ0n) is 78.6. The number of hydrogen-bond acceptors (Lipinski definition) is 29. The van der Waals surface area contributed by atoms with Crippen molar-refractivity contribution in [2.45, 2.75) is 251 Å². The fourth-order valence-electron chi connectivity index (χ4n) is 13.1. The molecule has 1 aliphatic heterocycles. The number of hydrogen-bond donors (Lipinski definition) is 30. The minimum atomic E-state index is -1.92. The number of carboxylic acids is 1. The highest BCUT2D eigenvalue weighted by atomic mass is 16.4. The largest absolute Gasteiger partial charge is 0.508 e. The number of phenols is 1. The predicted molar refractivity (Wildman–Crippen MR) is 481 cm³/mol. The molecule has 1 aromatic rings. The average Bonchev–Trinajstić information content (AvgIpc) is 1.62.